The molecule has 0 spiro atoms. The first-order chi connectivity index (χ1) is 16.4. The van der Waals surface area contributed by atoms with Crippen LogP contribution in [0.4, 0.5) is 4.39 Å². The van der Waals surface area contributed by atoms with Gasteiger partial charge in [0.05, 0.1) is 19.3 Å². The maximum absolute atomic E-state index is 13.4. The summed E-state index contributed by atoms with van der Waals surface area (Å²) in [5.41, 5.74) is 2.30. The molecule has 0 saturated carbocycles. The topological polar surface area (TPSA) is 67.7 Å². The Kier molecular flexibility index (Phi) is 7.37. The Morgan fingerprint density at radius 2 is 1.91 bits per heavy atom. The van der Waals surface area contributed by atoms with Crippen molar-refractivity contribution in [3.05, 3.63) is 89.5 Å². The monoisotopic (exact) mass is 464 g/mol. The molecular formula is C26H29FN4O3. The number of ether oxygens (including phenoxy) is 1. The molecule has 1 aromatic heterocycles. The molecule has 7 nitrogen and oxygen atoms in total. The lowest BCUT2D eigenvalue weighted by Crippen LogP contribution is -2.42. The molecule has 2 heterocycles. The van der Waals surface area contributed by atoms with Gasteiger partial charge in [0.15, 0.2) is 0 Å². The molecule has 178 valence electrons. The molecule has 1 aliphatic rings. The molecule has 0 unspecified atom stereocenters. The third kappa shape index (κ3) is 5.88. The van der Waals surface area contributed by atoms with Crippen molar-refractivity contribution in [2.75, 3.05) is 19.6 Å². The second kappa shape index (κ2) is 10.6. The average Bonchev–Trinajstić information content (AvgIpc) is 3.27. The van der Waals surface area contributed by atoms with Crippen molar-refractivity contribution >= 4 is 11.8 Å². The van der Waals surface area contributed by atoms with Gasteiger partial charge >= 0.3 is 0 Å². The number of benzene rings is 2. The number of hydrogen-bond donors (Lipinski definition) is 0. The van der Waals surface area contributed by atoms with Crippen molar-refractivity contribution in [3.63, 3.8) is 0 Å². The molecule has 0 N–H and O–H groups in total. The first-order valence-electron chi connectivity index (χ1n) is 11.4. The van der Waals surface area contributed by atoms with Crippen LogP contribution in [0.2, 0.25) is 0 Å². The summed E-state index contributed by atoms with van der Waals surface area (Å²) in [4.78, 5) is 29.7. The van der Waals surface area contributed by atoms with Crippen LogP contribution in [0, 0.1) is 5.82 Å². The van der Waals surface area contributed by atoms with Gasteiger partial charge in [-0.2, -0.15) is 5.10 Å². The van der Waals surface area contributed by atoms with Crippen LogP contribution in [0.15, 0.2) is 67.0 Å². The Morgan fingerprint density at radius 1 is 1.12 bits per heavy atom. The summed E-state index contributed by atoms with van der Waals surface area (Å²) < 4.78 is 21.1. The van der Waals surface area contributed by atoms with Gasteiger partial charge in [-0.1, -0.05) is 24.3 Å². The van der Waals surface area contributed by atoms with Gasteiger partial charge < -0.3 is 14.5 Å². The lowest BCUT2D eigenvalue weighted by Gasteiger charge is -2.27. The molecule has 34 heavy (non-hydrogen) atoms. The summed E-state index contributed by atoms with van der Waals surface area (Å²) in [6, 6.07) is 15.4. The summed E-state index contributed by atoms with van der Waals surface area (Å²) in [7, 11) is 0. The highest BCUT2D eigenvalue weighted by Gasteiger charge is 2.32. The lowest BCUT2D eigenvalue weighted by molar-refractivity contribution is -0.133. The largest absolute Gasteiger partial charge is 0.370 e. The van der Waals surface area contributed by atoms with Crippen LogP contribution in [-0.2, 0) is 22.7 Å². The second-order valence-corrected chi connectivity index (χ2v) is 8.79. The van der Waals surface area contributed by atoms with Crippen molar-refractivity contribution in [1.29, 1.82) is 0 Å². The highest BCUT2D eigenvalue weighted by Crippen LogP contribution is 2.17. The molecule has 1 aliphatic heterocycles. The van der Waals surface area contributed by atoms with E-state index in [-0.39, 0.29) is 42.9 Å². The van der Waals surface area contributed by atoms with Crippen molar-refractivity contribution in [3.8, 4) is 0 Å². The average molecular weight is 465 g/mol. The minimum atomic E-state index is -0.366. The number of hydrogen-bond acceptors (Lipinski definition) is 4. The van der Waals surface area contributed by atoms with E-state index in [2.05, 4.69) is 5.10 Å². The van der Waals surface area contributed by atoms with Gasteiger partial charge in [0, 0.05) is 37.1 Å². The maximum Gasteiger partial charge on any atom is 0.254 e. The number of carbonyl (C=O) groups excluding carboxylic acids is 2. The van der Waals surface area contributed by atoms with Crippen LogP contribution in [-0.4, -0.2) is 63.2 Å². The Hall–Kier alpha value is -3.52. The van der Waals surface area contributed by atoms with Crippen LogP contribution in [0.1, 0.15) is 35.3 Å². The fourth-order valence-electron chi connectivity index (χ4n) is 4.06. The first kappa shape index (κ1) is 23.6. The van der Waals surface area contributed by atoms with Crippen molar-refractivity contribution in [2.45, 2.75) is 39.1 Å². The van der Waals surface area contributed by atoms with Crippen LogP contribution in [0.25, 0.3) is 0 Å². The molecule has 8 heteroatoms. The molecule has 1 fully saturated rings. The summed E-state index contributed by atoms with van der Waals surface area (Å²) in [6.07, 6.45) is 3.21. The van der Waals surface area contributed by atoms with Crippen LogP contribution < -0.4 is 0 Å². The first-order valence-corrected chi connectivity index (χ1v) is 11.4. The van der Waals surface area contributed by atoms with E-state index in [4.69, 9.17) is 4.74 Å². The zero-order valence-corrected chi connectivity index (χ0v) is 19.4. The van der Waals surface area contributed by atoms with Gasteiger partial charge in [-0.15, -0.1) is 0 Å². The zero-order chi connectivity index (χ0) is 24.1. The number of amides is 2. The molecule has 1 atom stereocenters. The third-order valence-electron chi connectivity index (χ3n) is 5.86. The Labute approximate surface area is 198 Å². The molecule has 2 amide bonds. The molecular weight excluding hydrogens is 435 g/mol. The quantitative estimate of drug-likeness (QED) is 0.538. The van der Waals surface area contributed by atoms with Gasteiger partial charge in [0.25, 0.3) is 5.91 Å². The van der Waals surface area contributed by atoms with Crippen LogP contribution >= 0.6 is 0 Å². The molecule has 2 aromatic carbocycles. The minimum Gasteiger partial charge on any atom is -0.370 e. The number of nitrogens with zero attached hydrogens (tertiary/aromatic N) is 4. The van der Waals surface area contributed by atoms with E-state index in [0.717, 1.165) is 11.1 Å². The fourth-order valence-corrected chi connectivity index (χ4v) is 4.06. The van der Waals surface area contributed by atoms with E-state index < -0.39 is 0 Å². The molecule has 0 bridgehead atoms. The predicted molar refractivity (Wildman–Crippen MR) is 126 cm³/mol. The van der Waals surface area contributed by atoms with Gasteiger partial charge in [-0.05, 0) is 55.3 Å². The third-order valence-corrected chi connectivity index (χ3v) is 5.86. The van der Waals surface area contributed by atoms with Gasteiger partial charge in [0.2, 0.25) is 5.91 Å². The summed E-state index contributed by atoms with van der Waals surface area (Å²) in [5.74, 6) is -0.623. The van der Waals surface area contributed by atoms with E-state index in [1.165, 1.54) is 12.1 Å². The lowest BCUT2D eigenvalue weighted by atomic mass is 10.1. The van der Waals surface area contributed by atoms with Gasteiger partial charge in [-0.3, -0.25) is 14.3 Å². The maximum atomic E-state index is 13.4. The smallest absolute Gasteiger partial charge is 0.254 e. The van der Waals surface area contributed by atoms with E-state index in [1.54, 1.807) is 38.9 Å². The number of carbonyl (C=O) groups is 2. The molecule has 0 radical (unpaired) electrons. The number of rotatable bonds is 7. The zero-order valence-electron chi connectivity index (χ0n) is 19.4. The summed E-state index contributed by atoms with van der Waals surface area (Å²) in [5, 5.41) is 4.22. The SMILES string of the molecule is CC(C)N1C[C@H](OCc2ccc(F)cc2)CN(C(=O)c2cccc(Cn3cccn3)c2)CC1=O. The highest BCUT2D eigenvalue weighted by molar-refractivity contribution is 5.97. The number of aromatic nitrogens is 2. The van der Waals surface area contributed by atoms with E-state index >= 15 is 0 Å². The molecule has 0 aliphatic carbocycles. The van der Waals surface area contributed by atoms with Crippen LogP contribution in [0.5, 0.6) is 0 Å². The minimum absolute atomic E-state index is 0.00317. The van der Waals surface area contributed by atoms with E-state index in [1.807, 2.05) is 44.3 Å². The summed E-state index contributed by atoms with van der Waals surface area (Å²) in [6.45, 7) is 5.40. The molecule has 3 aromatic rings. The van der Waals surface area contributed by atoms with Gasteiger partial charge in [-0.25, -0.2) is 4.39 Å². The van der Waals surface area contributed by atoms with Gasteiger partial charge in [0.1, 0.15) is 12.4 Å². The Morgan fingerprint density at radius 3 is 2.62 bits per heavy atom. The normalized spacial score (nSPS) is 16.7. The van der Waals surface area contributed by atoms with E-state index in [0.29, 0.717) is 25.2 Å². The predicted octanol–water partition coefficient (Wildman–Crippen LogP) is 3.35. The molecule has 4 rings (SSSR count). The van der Waals surface area contributed by atoms with Crippen LogP contribution in [0.3, 0.4) is 0 Å². The van der Waals surface area contributed by atoms with Crippen molar-refractivity contribution < 1.29 is 18.7 Å². The number of halogens is 1. The Balaban J connectivity index is 1.50. The summed E-state index contributed by atoms with van der Waals surface area (Å²) >= 11 is 0. The van der Waals surface area contributed by atoms with E-state index in [9.17, 15) is 14.0 Å². The second-order valence-electron chi connectivity index (χ2n) is 8.79. The Bertz CT molecular complexity index is 1120. The van der Waals surface area contributed by atoms with Crippen molar-refractivity contribution in [2.24, 2.45) is 0 Å². The standard InChI is InChI=1S/C26H29FN4O3/c1-19(2)31-16-24(34-18-20-7-9-23(27)10-8-20)15-29(17-25(31)32)26(33)22-6-3-5-21(13-22)14-30-12-4-11-28-30/h3-13,19,24H,14-18H2,1-2H3/t24-/m1/s1. The fraction of sp³-hybridized carbons (Fsp3) is 0.346. The van der Waals surface area contributed by atoms with Crippen molar-refractivity contribution in [1.82, 2.24) is 19.6 Å². The molecule has 1 saturated heterocycles. The highest BCUT2D eigenvalue weighted by atomic mass is 19.1.